The van der Waals surface area contributed by atoms with Gasteiger partial charge in [-0.3, -0.25) is 5.43 Å². The van der Waals surface area contributed by atoms with E-state index in [4.69, 9.17) is 17.4 Å². The number of nitrogens with zero attached hydrogens (tertiary/aromatic N) is 2. The lowest BCUT2D eigenvalue weighted by atomic mass is 10.2. The van der Waals surface area contributed by atoms with Crippen molar-refractivity contribution in [2.45, 2.75) is 32.7 Å². The van der Waals surface area contributed by atoms with Gasteiger partial charge in [0.05, 0.1) is 6.20 Å². The standard InChI is InChI=1S/C9H16ClN5/c1-3-6(4-2)13-8-7(10)5-12-9(14-8)15-11/h5-6H,3-4,11H2,1-2H3,(H2,12,13,14,15). The number of nitrogen functional groups attached to an aromatic ring is 1. The van der Waals surface area contributed by atoms with Crippen LogP contribution < -0.4 is 16.6 Å². The normalized spacial score (nSPS) is 10.5. The van der Waals surface area contributed by atoms with E-state index in [-0.39, 0.29) is 0 Å². The maximum Gasteiger partial charge on any atom is 0.239 e. The molecule has 1 aromatic rings. The number of halogens is 1. The SMILES string of the molecule is CCC(CC)Nc1nc(NN)ncc1Cl. The summed E-state index contributed by atoms with van der Waals surface area (Å²) in [6.45, 7) is 4.22. The molecule has 84 valence electrons. The molecule has 0 saturated carbocycles. The third-order valence-corrected chi connectivity index (χ3v) is 2.48. The first-order valence-electron chi connectivity index (χ1n) is 4.96. The van der Waals surface area contributed by atoms with Crippen LogP contribution in [0.2, 0.25) is 5.02 Å². The Kier molecular flexibility index (Phi) is 4.58. The van der Waals surface area contributed by atoms with E-state index >= 15 is 0 Å². The zero-order valence-corrected chi connectivity index (χ0v) is 9.67. The van der Waals surface area contributed by atoms with Crippen molar-refractivity contribution in [3.05, 3.63) is 11.2 Å². The number of aromatic nitrogens is 2. The zero-order chi connectivity index (χ0) is 11.3. The summed E-state index contributed by atoms with van der Waals surface area (Å²) in [6.07, 6.45) is 3.55. The number of hydrazine groups is 1. The van der Waals surface area contributed by atoms with Crippen molar-refractivity contribution in [1.29, 1.82) is 0 Å². The maximum absolute atomic E-state index is 5.96. The Bertz CT molecular complexity index is 313. The average Bonchev–Trinajstić information content (AvgIpc) is 2.28. The van der Waals surface area contributed by atoms with Crippen LogP contribution in [0, 0.1) is 0 Å². The first kappa shape index (κ1) is 12.0. The van der Waals surface area contributed by atoms with E-state index in [1.165, 1.54) is 6.20 Å². The van der Waals surface area contributed by atoms with Crippen molar-refractivity contribution in [1.82, 2.24) is 9.97 Å². The Balaban J connectivity index is 2.82. The minimum Gasteiger partial charge on any atom is -0.366 e. The molecule has 0 aromatic carbocycles. The van der Waals surface area contributed by atoms with Crippen molar-refractivity contribution in [3.63, 3.8) is 0 Å². The molecule has 0 aliphatic heterocycles. The highest BCUT2D eigenvalue weighted by atomic mass is 35.5. The lowest BCUT2D eigenvalue weighted by molar-refractivity contribution is 0.668. The van der Waals surface area contributed by atoms with E-state index < -0.39 is 0 Å². The van der Waals surface area contributed by atoms with E-state index in [1.54, 1.807) is 0 Å². The third kappa shape index (κ3) is 3.21. The van der Waals surface area contributed by atoms with Crippen molar-refractivity contribution in [2.24, 2.45) is 5.84 Å². The topological polar surface area (TPSA) is 75.9 Å². The van der Waals surface area contributed by atoms with Gasteiger partial charge in [0.25, 0.3) is 0 Å². The zero-order valence-electron chi connectivity index (χ0n) is 8.92. The fourth-order valence-electron chi connectivity index (χ4n) is 1.22. The molecule has 0 radical (unpaired) electrons. The fraction of sp³-hybridized carbons (Fsp3) is 0.556. The molecule has 1 rings (SSSR count). The number of rotatable bonds is 5. The van der Waals surface area contributed by atoms with Gasteiger partial charge in [-0.05, 0) is 12.8 Å². The molecule has 6 heteroatoms. The summed E-state index contributed by atoms with van der Waals surface area (Å²) in [5.41, 5.74) is 2.38. The molecule has 0 saturated heterocycles. The Labute approximate surface area is 94.4 Å². The fourth-order valence-corrected chi connectivity index (χ4v) is 1.37. The number of hydrogen-bond donors (Lipinski definition) is 3. The van der Waals surface area contributed by atoms with Crippen LogP contribution in [-0.4, -0.2) is 16.0 Å². The van der Waals surface area contributed by atoms with Gasteiger partial charge in [0, 0.05) is 6.04 Å². The molecule has 5 nitrogen and oxygen atoms in total. The van der Waals surface area contributed by atoms with Gasteiger partial charge >= 0.3 is 0 Å². The second kappa shape index (κ2) is 5.72. The number of nitrogens with one attached hydrogen (secondary N) is 2. The van der Waals surface area contributed by atoms with E-state index in [0.29, 0.717) is 22.8 Å². The lowest BCUT2D eigenvalue weighted by Gasteiger charge is -2.16. The molecular formula is C9H16ClN5. The Hall–Kier alpha value is -1.07. The maximum atomic E-state index is 5.96. The quantitative estimate of drug-likeness (QED) is 0.532. The monoisotopic (exact) mass is 229 g/mol. The average molecular weight is 230 g/mol. The minimum atomic E-state index is 0.354. The van der Waals surface area contributed by atoms with Crippen molar-refractivity contribution < 1.29 is 0 Å². The lowest BCUT2D eigenvalue weighted by Crippen LogP contribution is -2.19. The molecule has 0 aliphatic rings. The van der Waals surface area contributed by atoms with Gasteiger partial charge in [0.2, 0.25) is 5.95 Å². The van der Waals surface area contributed by atoms with Crippen LogP contribution in [0.5, 0.6) is 0 Å². The van der Waals surface area contributed by atoms with Gasteiger partial charge in [-0.1, -0.05) is 25.4 Å². The summed E-state index contributed by atoms with van der Waals surface area (Å²) in [6, 6.07) is 0.364. The predicted molar refractivity (Wildman–Crippen MR) is 62.8 cm³/mol. The van der Waals surface area contributed by atoms with Crippen LogP contribution in [-0.2, 0) is 0 Å². The van der Waals surface area contributed by atoms with Crippen molar-refractivity contribution in [3.8, 4) is 0 Å². The molecule has 0 unspecified atom stereocenters. The number of anilines is 2. The van der Waals surface area contributed by atoms with Gasteiger partial charge in [0.15, 0.2) is 5.82 Å². The molecule has 1 heterocycles. The number of hydrogen-bond acceptors (Lipinski definition) is 5. The molecule has 0 fully saturated rings. The Morgan fingerprint density at radius 1 is 1.47 bits per heavy atom. The highest BCUT2D eigenvalue weighted by Gasteiger charge is 2.08. The van der Waals surface area contributed by atoms with Crippen molar-refractivity contribution >= 4 is 23.4 Å². The van der Waals surface area contributed by atoms with E-state index in [1.807, 2.05) is 0 Å². The predicted octanol–water partition coefficient (Wildman–Crippen LogP) is 2.02. The van der Waals surface area contributed by atoms with Crippen LogP contribution >= 0.6 is 11.6 Å². The molecule has 1 aromatic heterocycles. The highest BCUT2D eigenvalue weighted by Crippen LogP contribution is 2.20. The summed E-state index contributed by atoms with van der Waals surface area (Å²) in [7, 11) is 0. The summed E-state index contributed by atoms with van der Waals surface area (Å²) in [5.74, 6) is 6.19. The molecule has 0 atom stereocenters. The van der Waals surface area contributed by atoms with Crippen LogP contribution in [0.25, 0.3) is 0 Å². The second-order valence-corrected chi connectivity index (χ2v) is 3.60. The van der Waals surface area contributed by atoms with Gasteiger partial charge in [-0.25, -0.2) is 10.8 Å². The Morgan fingerprint density at radius 3 is 2.67 bits per heavy atom. The van der Waals surface area contributed by atoms with Gasteiger partial charge < -0.3 is 5.32 Å². The highest BCUT2D eigenvalue weighted by molar-refractivity contribution is 6.32. The first-order valence-corrected chi connectivity index (χ1v) is 5.34. The largest absolute Gasteiger partial charge is 0.366 e. The van der Waals surface area contributed by atoms with Gasteiger partial charge in [0.1, 0.15) is 5.02 Å². The van der Waals surface area contributed by atoms with Crippen LogP contribution in [0.15, 0.2) is 6.20 Å². The van der Waals surface area contributed by atoms with Crippen LogP contribution in [0.3, 0.4) is 0 Å². The van der Waals surface area contributed by atoms with Crippen LogP contribution in [0.1, 0.15) is 26.7 Å². The molecule has 0 amide bonds. The minimum absolute atomic E-state index is 0.354. The molecule has 15 heavy (non-hydrogen) atoms. The molecule has 4 N–H and O–H groups in total. The van der Waals surface area contributed by atoms with Gasteiger partial charge in [-0.15, -0.1) is 0 Å². The smallest absolute Gasteiger partial charge is 0.239 e. The Morgan fingerprint density at radius 2 is 2.13 bits per heavy atom. The second-order valence-electron chi connectivity index (χ2n) is 3.19. The molecule has 0 bridgehead atoms. The summed E-state index contributed by atoms with van der Waals surface area (Å²) in [5, 5.41) is 3.74. The molecule has 0 spiro atoms. The van der Waals surface area contributed by atoms with Crippen molar-refractivity contribution in [2.75, 3.05) is 10.7 Å². The first-order chi connectivity index (χ1) is 7.21. The third-order valence-electron chi connectivity index (χ3n) is 2.20. The van der Waals surface area contributed by atoms with Gasteiger partial charge in [-0.2, -0.15) is 4.98 Å². The summed E-state index contributed by atoms with van der Waals surface area (Å²) >= 11 is 5.96. The van der Waals surface area contributed by atoms with E-state index in [2.05, 4.69) is 34.6 Å². The number of nitrogens with two attached hydrogens (primary N) is 1. The molecular weight excluding hydrogens is 214 g/mol. The summed E-state index contributed by atoms with van der Waals surface area (Å²) in [4.78, 5) is 8.03. The van der Waals surface area contributed by atoms with Crippen LogP contribution in [0.4, 0.5) is 11.8 Å². The van der Waals surface area contributed by atoms with E-state index in [0.717, 1.165) is 12.8 Å². The molecule has 0 aliphatic carbocycles. The van der Waals surface area contributed by atoms with E-state index in [9.17, 15) is 0 Å². The summed E-state index contributed by atoms with van der Waals surface area (Å²) < 4.78 is 0.